The molecule has 6 heteroatoms. The molecule has 0 spiro atoms. The molecule has 2 rings (SSSR count). The van der Waals surface area contributed by atoms with Crippen LogP contribution < -0.4 is 4.74 Å². The molecule has 1 unspecified atom stereocenters. The highest BCUT2D eigenvalue weighted by molar-refractivity contribution is 7.09. The quantitative estimate of drug-likeness (QED) is 0.655. The maximum atomic E-state index is 10.7. The number of nitro groups is 1. The molecule has 106 valence electrons. The van der Waals surface area contributed by atoms with Gasteiger partial charge < -0.3 is 9.84 Å². The van der Waals surface area contributed by atoms with E-state index in [1.807, 2.05) is 17.5 Å². The van der Waals surface area contributed by atoms with Gasteiger partial charge in [0.15, 0.2) is 0 Å². The number of ether oxygens (including phenoxy) is 1. The first-order valence-corrected chi connectivity index (χ1v) is 7.07. The highest BCUT2D eigenvalue weighted by Crippen LogP contribution is 2.29. The minimum absolute atomic E-state index is 0.0495. The molecular formula is C14H15NO4S. The maximum Gasteiger partial charge on any atom is 0.270 e. The number of hydrogen-bond donors (Lipinski definition) is 1. The molecule has 0 saturated carbocycles. The number of aliphatic hydroxyl groups is 1. The van der Waals surface area contributed by atoms with Crippen molar-refractivity contribution in [1.82, 2.24) is 0 Å². The Kier molecular flexibility index (Phi) is 4.70. The zero-order valence-electron chi connectivity index (χ0n) is 11.0. The molecule has 1 N–H and O–H groups in total. The lowest BCUT2D eigenvalue weighted by Gasteiger charge is -2.13. The minimum atomic E-state index is -0.813. The van der Waals surface area contributed by atoms with Crippen molar-refractivity contribution in [3.8, 4) is 5.75 Å². The number of benzene rings is 1. The molecule has 1 aromatic heterocycles. The van der Waals surface area contributed by atoms with Gasteiger partial charge in [-0.15, -0.1) is 11.3 Å². The number of rotatable bonds is 6. The van der Waals surface area contributed by atoms with Crippen molar-refractivity contribution in [2.45, 2.75) is 19.4 Å². The fourth-order valence-electron chi connectivity index (χ4n) is 1.82. The summed E-state index contributed by atoms with van der Waals surface area (Å²) >= 11 is 1.66. The van der Waals surface area contributed by atoms with Crippen molar-refractivity contribution in [2.24, 2.45) is 0 Å². The minimum Gasteiger partial charge on any atom is -0.493 e. The van der Waals surface area contributed by atoms with Crippen LogP contribution in [0.1, 0.15) is 23.5 Å². The lowest BCUT2D eigenvalue weighted by atomic mass is 10.1. The lowest BCUT2D eigenvalue weighted by Crippen LogP contribution is -2.04. The molecule has 5 nitrogen and oxygen atoms in total. The predicted octanol–water partition coefficient (Wildman–Crippen LogP) is 3.33. The molecule has 20 heavy (non-hydrogen) atoms. The van der Waals surface area contributed by atoms with Crippen molar-refractivity contribution in [3.05, 3.63) is 56.3 Å². The second-order valence-electron chi connectivity index (χ2n) is 4.33. The molecule has 0 radical (unpaired) electrons. The van der Waals surface area contributed by atoms with Gasteiger partial charge in [-0.05, 0) is 24.4 Å². The number of hydrogen-bond acceptors (Lipinski definition) is 5. The summed E-state index contributed by atoms with van der Waals surface area (Å²) in [4.78, 5) is 11.5. The summed E-state index contributed by atoms with van der Waals surface area (Å²) < 4.78 is 5.63. The van der Waals surface area contributed by atoms with Crippen LogP contribution in [0, 0.1) is 10.1 Å². The maximum absolute atomic E-state index is 10.7. The van der Waals surface area contributed by atoms with Crippen molar-refractivity contribution in [2.75, 3.05) is 6.61 Å². The number of nitrogens with zero attached hydrogens (tertiary/aromatic N) is 1. The molecule has 0 bridgehead atoms. The molecule has 0 fully saturated rings. The average Bonchev–Trinajstić information content (AvgIpc) is 2.91. The van der Waals surface area contributed by atoms with E-state index in [0.717, 1.165) is 6.42 Å². The summed E-state index contributed by atoms with van der Waals surface area (Å²) in [7, 11) is 0. The van der Waals surface area contributed by atoms with Gasteiger partial charge in [0.2, 0.25) is 0 Å². The monoisotopic (exact) mass is 293 g/mol. The standard InChI is InChI=1S/C14H15NO4S/c1-10(16)13-9-11(15(17)18)4-5-14(13)19-7-6-12-3-2-8-20-12/h2-5,8-10,16H,6-7H2,1H3. The first-order valence-electron chi connectivity index (χ1n) is 6.19. The van der Waals surface area contributed by atoms with Crippen LogP contribution in [0.3, 0.4) is 0 Å². The molecule has 0 aliphatic heterocycles. The van der Waals surface area contributed by atoms with E-state index in [1.54, 1.807) is 18.3 Å². The van der Waals surface area contributed by atoms with E-state index in [1.165, 1.54) is 23.1 Å². The van der Waals surface area contributed by atoms with Gasteiger partial charge in [0.1, 0.15) is 5.75 Å². The summed E-state index contributed by atoms with van der Waals surface area (Å²) in [5.74, 6) is 0.488. The predicted molar refractivity (Wildman–Crippen MR) is 77.2 cm³/mol. The van der Waals surface area contributed by atoms with E-state index in [0.29, 0.717) is 17.9 Å². The van der Waals surface area contributed by atoms with Crippen LogP contribution in [-0.2, 0) is 6.42 Å². The Morgan fingerprint density at radius 1 is 1.45 bits per heavy atom. The Morgan fingerprint density at radius 2 is 2.25 bits per heavy atom. The molecule has 1 aromatic carbocycles. The summed E-state index contributed by atoms with van der Waals surface area (Å²) in [6, 6.07) is 8.28. The van der Waals surface area contributed by atoms with Crippen LogP contribution in [0.4, 0.5) is 5.69 Å². The molecule has 0 aliphatic carbocycles. The molecular weight excluding hydrogens is 278 g/mol. The first kappa shape index (κ1) is 14.5. The first-order chi connectivity index (χ1) is 9.58. The second-order valence-corrected chi connectivity index (χ2v) is 5.37. The van der Waals surface area contributed by atoms with Crippen molar-refractivity contribution < 1.29 is 14.8 Å². The Hall–Kier alpha value is -1.92. The van der Waals surface area contributed by atoms with Gasteiger partial charge in [-0.2, -0.15) is 0 Å². The summed E-state index contributed by atoms with van der Waals surface area (Å²) in [5, 5.41) is 22.4. The van der Waals surface area contributed by atoms with Gasteiger partial charge >= 0.3 is 0 Å². The molecule has 1 atom stereocenters. The topological polar surface area (TPSA) is 72.6 Å². The third-order valence-corrected chi connectivity index (χ3v) is 3.78. The van der Waals surface area contributed by atoms with Crippen LogP contribution in [0.15, 0.2) is 35.7 Å². The Morgan fingerprint density at radius 3 is 2.85 bits per heavy atom. The van der Waals surface area contributed by atoms with Crippen LogP contribution >= 0.6 is 11.3 Å². The Bertz CT molecular complexity index is 581. The van der Waals surface area contributed by atoms with Gasteiger partial charge in [-0.1, -0.05) is 6.07 Å². The normalized spacial score (nSPS) is 12.1. The van der Waals surface area contributed by atoms with Gasteiger partial charge in [0.05, 0.1) is 17.6 Å². The lowest BCUT2D eigenvalue weighted by molar-refractivity contribution is -0.385. The molecule has 0 amide bonds. The number of nitro benzene ring substituents is 1. The number of non-ortho nitro benzene ring substituents is 1. The molecule has 0 aliphatic rings. The summed E-state index contributed by atoms with van der Waals surface area (Å²) in [6.45, 7) is 2.03. The summed E-state index contributed by atoms with van der Waals surface area (Å²) in [6.07, 6.45) is -0.0416. The third kappa shape index (κ3) is 3.55. The van der Waals surface area contributed by atoms with E-state index in [9.17, 15) is 15.2 Å². The highest BCUT2D eigenvalue weighted by atomic mass is 32.1. The van der Waals surface area contributed by atoms with Crippen LogP contribution in [-0.4, -0.2) is 16.6 Å². The number of aliphatic hydroxyl groups excluding tert-OH is 1. The smallest absolute Gasteiger partial charge is 0.270 e. The summed E-state index contributed by atoms with van der Waals surface area (Å²) in [5.41, 5.74) is 0.386. The van der Waals surface area contributed by atoms with Gasteiger partial charge in [-0.3, -0.25) is 10.1 Å². The van der Waals surface area contributed by atoms with E-state index < -0.39 is 11.0 Å². The van der Waals surface area contributed by atoms with Gasteiger partial charge in [-0.25, -0.2) is 0 Å². The number of thiophene rings is 1. The molecule has 0 saturated heterocycles. The van der Waals surface area contributed by atoms with Crippen LogP contribution in [0.2, 0.25) is 0 Å². The highest BCUT2D eigenvalue weighted by Gasteiger charge is 2.15. The van der Waals surface area contributed by atoms with Gasteiger partial charge in [0, 0.05) is 29.0 Å². The van der Waals surface area contributed by atoms with Gasteiger partial charge in [0.25, 0.3) is 5.69 Å². The SMILES string of the molecule is CC(O)c1cc([N+](=O)[O-])ccc1OCCc1cccs1. The Balaban J connectivity index is 2.08. The Labute approximate surface area is 120 Å². The molecule has 1 heterocycles. The van der Waals surface area contributed by atoms with Crippen LogP contribution in [0.5, 0.6) is 5.75 Å². The van der Waals surface area contributed by atoms with E-state index in [-0.39, 0.29) is 5.69 Å². The second kappa shape index (κ2) is 6.49. The van der Waals surface area contributed by atoms with E-state index >= 15 is 0 Å². The van der Waals surface area contributed by atoms with Crippen molar-refractivity contribution >= 4 is 17.0 Å². The molecule has 2 aromatic rings. The fraction of sp³-hybridized carbons (Fsp3) is 0.286. The zero-order chi connectivity index (χ0) is 14.5. The fourth-order valence-corrected chi connectivity index (χ4v) is 2.51. The zero-order valence-corrected chi connectivity index (χ0v) is 11.8. The van der Waals surface area contributed by atoms with Crippen molar-refractivity contribution in [1.29, 1.82) is 0 Å². The third-order valence-electron chi connectivity index (χ3n) is 2.84. The van der Waals surface area contributed by atoms with Crippen LogP contribution in [0.25, 0.3) is 0 Å². The largest absolute Gasteiger partial charge is 0.493 e. The van der Waals surface area contributed by atoms with E-state index in [2.05, 4.69) is 0 Å². The van der Waals surface area contributed by atoms with E-state index in [4.69, 9.17) is 4.74 Å². The van der Waals surface area contributed by atoms with Crippen molar-refractivity contribution in [3.63, 3.8) is 0 Å². The average molecular weight is 293 g/mol.